The molecular formula is C19H20N2OS. The molecule has 118 valence electrons. The van der Waals surface area contributed by atoms with E-state index in [1.54, 1.807) is 23.7 Å². The van der Waals surface area contributed by atoms with Crippen molar-refractivity contribution in [2.45, 2.75) is 13.8 Å². The van der Waals surface area contributed by atoms with E-state index in [1.165, 1.54) is 5.56 Å². The number of hydrogen-bond donors (Lipinski definition) is 1. The molecule has 3 aromatic rings. The van der Waals surface area contributed by atoms with E-state index in [1.807, 2.05) is 41.8 Å². The molecular weight excluding hydrogens is 304 g/mol. The summed E-state index contributed by atoms with van der Waals surface area (Å²) < 4.78 is 0. The van der Waals surface area contributed by atoms with Crippen molar-refractivity contribution in [2.24, 2.45) is 0 Å². The number of aromatic nitrogens is 1. The van der Waals surface area contributed by atoms with E-state index in [9.17, 15) is 4.79 Å². The average Bonchev–Trinajstić information content (AvgIpc) is 3.10. The third-order valence-electron chi connectivity index (χ3n) is 3.35. The van der Waals surface area contributed by atoms with E-state index in [2.05, 4.69) is 22.4 Å². The van der Waals surface area contributed by atoms with Crippen molar-refractivity contribution in [1.29, 1.82) is 0 Å². The Bertz CT molecular complexity index is 739. The van der Waals surface area contributed by atoms with E-state index < -0.39 is 0 Å². The number of carbonyl (C=O) groups is 1. The Labute approximate surface area is 141 Å². The molecule has 1 N–H and O–H groups in total. The summed E-state index contributed by atoms with van der Waals surface area (Å²) in [7, 11) is 0. The molecule has 3 nitrogen and oxygen atoms in total. The van der Waals surface area contributed by atoms with Crippen LogP contribution in [-0.4, -0.2) is 17.4 Å². The first-order chi connectivity index (χ1) is 10.8. The van der Waals surface area contributed by atoms with Crippen molar-refractivity contribution >= 4 is 17.2 Å². The van der Waals surface area contributed by atoms with Gasteiger partial charge in [-0.3, -0.25) is 9.78 Å². The summed E-state index contributed by atoms with van der Waals surface area (Å²) in [6, 6.07) is 16.0. The number of nitrogens with zero attached hydrogens (tertiary/aromatic N) is 1. The molecule has 0 radical (unpaired) electrons. The maximum Gasteiger partial charge on any atom is 0.252 e. The fraction of sp³-hybridized carbons (Fsp3) is 0.158. The third kappa shape index (κ3) is 4.50. The van der Waals surface area contributed by atoms with Gasteiger partial charge < -0.3 is 5.32 Å². The monoisotopic (exact) mass is 324 g/mol. The number of benzene rings is 1. The molecule has 0 bridgehead atoms. The van der Waals surface area contributed by atoms with Crippen LogP contribution in [-0.2, 0) is 6.42 Å². The lowest BCUT2D eigenvalue weighted by molar-refractivity contribution is 0.0954. The van der Waals surface area contributed by atoms with Gasteiger partial charge >= 0.3 is 0 Å². The Hall–Kier alpha value is -2.46. The molecule has 4 heteroatoms. The van der Waals surface area contributed by atoms with Crippen LogP contribution in [0.15, 0.2) is 66.3 Å². The summed E-state index contributed by atoms with van der Waals surface area (Å²) in [6.45, 7) is 0.617. The second kappa shape index (κ2) is 8.25. The maximum absolute atomic E-state index is 12.2. The predicted octanol–water partition coefficient (Wildman–Crippen LogP) is 4.42. The molecule has 0 saturated heterocycles. The number of amides is 1. The second-order valence-corrected chi connectivity index (χ2v) is 5.88. The Kier molecular flexibility index (Phi) is 6.06. The maximum atomic E-state index is 12.2. The van der Waals surface area contributed by atoms with Crippen molar-refractivity contribution in [1.82, 2.24) is 10.3 Å². The quantitative estimate of drug-likeness (QED) is 0.755. The summed E-state index contributed by atoms with van der Waals surface area (Å²) in [5.74, 6) is -0.0816. The number of thiophene rings is 1. The Morgan fingerprint density at radius 3 is 2.65 bits per heavy atom. The fourth-order valence-corrected chi connectivity index (χ4v) is 2.92. The molecule has 23 heavy (non-hydrogen) atoms. The van der Waals surface area contributed by atoms with Gasteiger partial charge in [0.05, 0.1) is 5.56 Å². The van der Waals surface area contributed by atoms with Gasteiger partial charge in [-0.1, -0.05) is 43.8 Å². The van der Waals surface area contributed by atoms with Crippen LogP contribution in [0.2, 0.25) is 0 Å². The van der Waals surface area contributed by atoms with Gasteiger partial charge in [0.25, 0.3) is 5.91 Å². The number of hydrogen-bond acceptors (Lipinski definition) is 3. The van der Waals surface area contributed by atoms with E-state index >= 15 is 0 Å². The van der Waals surface area contributed by atoms with Crippen LogP contribution in [0.3, 0.4) is 0 Å². The lowest BCUT2D eigenvalue weighted by atomic mass is 10.1. The van der Waals surface area contributed by atoms with E-state index in [-0.39, 0.29) is 13.3 Å². The highest BCUT2D eigenvalue weighted by molar-refractivity contribution is 7.13. The predicted molar refractivity (Wildman–Crippen MR) is 96.8 cm³/mol. The summed E-state index contributed by atoms with van der Waals surface area (Å²) in [5, 5.41) is 4.96. The minimum Gasteiger partial charge on any atom is -0.352 e. The Morgan fingerprint density at radius 2 is 1.91 bits per heavy atom. The lowest BCUT2D eigenvalue weighted by Gasteiger charge is -2.06. The van der Waals surface area contributed by atoms with E-state index in [4.69, 9.17) is 0 Å². The normalized spacial score (nSPS) is 9.91. The average molecular weight is 324 g/mol. The number of pyridine rings is 1. The zero-order valence-corrected chi connectivity index (χ0v) is 12.8. The molecule has 1 amide bonds. The van der Waals surface area contributed by atoms with Gasteiger partial charge in [-0.05, 0) is 29.5 Å². The van der Waals surface area contributed by atoms with E-state index in [0.29, 0.717) is 12.1 Å². The van der Waals surface area contributed by atoms with Crippen molar-refractivity contribution in [3.63, 3.8) is 0 Å². The second-order valence-electron chi connectivity index (χ2n) is 4.93. The van der Waals surface area contributed by atoms with Crippen LogP contribution in [0.1, 0.15) is 23.3 Å². The molecule has 0 aliphatic rings. The number of rotatable bonds is 5. The van der Waals surface area contributed by atoms with Crippen molar-refractivity contribution < 1.29 is 4.79 Å². The van der Waals surface area contributed by atoms with Crippen molar-refractivity contribution in [3.8, 4) is 10.4 Å². The fourth-order valence-electron chi connectivity index (χ4n) is 2.21. The van der Waals surface area contributed by atoms with Gasteiger partial charge in [0.1, 0.15) is 0 Å². The molecule has 2 heterocycles. The van der Waals surface area contributed by atoms with Crippen LogP contribution < -0.4 is 5.32 Å². The summed E-state index contributed by atoms with van der Waals surface area (Å²) in [6.07, 6.45) is 4.21. The zero-order chi connectivity index (χ0) is 15.2. The topological polar surface area (TPSA) is 42.0 Å². The highest BCUT2D eigenvalue weighted by Crippen LogP contribution is 2.24. The van der Waals surface area contributed by atoms with Gasteiger partial charge in [-0.15, -0.1) is 11.3 Å². The van der Waals surface area contributed by atoms with Crippen LogP contribution in [0, 0.1) is 0 Å². The lowest BCUT2D eigenvalue weighted by Crippen LogP contribution is -2.25. The van der Waals surface area contributed by atoms with Gasteiger partial charge in [-0.2, -0.15) is 0 Å². The molecule has 1 aromatic carbocycles. The Morgan fingerprint density at radius 1 is 1.09 bits per heavy atom. The van der Waals surface area contributed by atoms with Crippen LogP contribution in [0.4, 0.5) is 0 Å². The smallest absolute Gasteiger partial charge is 0.252 e. The molecule has 0 atom stereocenters. The van der Waals surface area contributed by atoms with Crippen molar-refractivity contribution in [2.75, 3.05) is 6.54 Å². The minimum absolute atomic E-state index is 0. The molecule has 0 aliphatic carbocycles. The summed E-state index contributed by atoms with van der Waals surface area (Å²) >= 11 is 1.64. The standard InChI is InChI=1S/C18H16N2OS.CH4/c21-18(20-9-8-14-5-2-1-3-6-14)16-11-15(12-19-13-16)17-7-4-10-22-17;/h1-7,10-13H,8-9H2,(H,20,21);1H4. The van der Waals surface area contributed by atoms with Crippen LogP contribution >= 0.6 is 11.3 Å². The molecule has 0 saturated carbocycles. The molecule has 0 fully saturated rings. The Balaban J connectivity index is 0.00000192. The molecule has 2 aromatic heterocycles. The summed E-state index contributed by atoms with van der Waals surface area (Å²) in [4.78, 5) is 17.5. The van der Waals surface area contributed by atoms with Gasteiger partial charge in [-0.25, -0.2) is 0 Å². The third-order valence-corrected chi connectivity index (χ3v) is 4.27. The van der Waals surface area contributed by atoms with Crippen molar-refractivity contribution in [3.05, 3.63) is 77.4 Å². The zero-order valence-electron chi connectivity index (χ0n) is 12.0. The highest BCUT2D eigenvalue weighted by Gasteiger charge is 2.08. The number of carbonyl (C=O) groups excluding carboxylic acids is 1. The van der Waals surface area contributed by atoms with Gasteiger partial charge in [0, 0.05) is 29.4 Å². The summed E-state index contributed by atoms with van der Waals surface area (Å²) in [5.41, 5.74) is 2.79. The van der Waals surface area contributed by atoms with Crippen LogP contribution in [0.5, 0.6) is 0 Å². The van der Waals surface area contributed by atoms with Gasteiger partial charge in [0.2, 0.25) is 0 Å². The molecule has 3 rings (SSSR count). The first-order valence-electron chi connectivity index (χ1n) is 7.14. The molecule has 0 unspecified atom stereocenters. The molecule has 0 aliphatic heterocycles. The largest absolute Gasteiger partial charge is 0.352 e. The first kappa shape index (κ1) is 16.9. The highest BCUT2D eigenvalue weighted by atomic mass is 32.1. The SMILES string of the molecule is C.O=C(NCCc1ccccc1)c1cncc(-c2cccs2)c1. The minimum atomic E-state index is -0.0816. The first-order valence-corrected chi connectivity index (χ1v) is 8.02. The number of nitrogens with one attached hydrogen (secondary N) is 1. The molecule has 0 spiro atoms. The van der Waals surface area contributed by atoms with E-state index in [0.717, 1.165) is 16.9 Å². The van der Waals surface area contributed by atoms with Crippen LogP contribution in [0.25, 0.3) is 10.4 Å². The van der Waals surface area contributed by atoms with Gasteiger partial charge in [0.15, 0.2) is 0 Å².